The highest BCUT2D eigenvalue weighted by Crippen LogP contribution is 2.38. The third-order valence-corrected chi connectivity index (χ3v) is 7.48. The number of benzene rings is 2. The molecule has 0 amide bonds. The molecule has 1 atom stereocenters. The highest BCUT2D eigenvalue weighted by molar-refractivity contribution is 6.39. The minimum atomic E-state index is -0.548. The van der Waals surface area contributed by atoms with E-state index in [0.29, 0.717) is 5.69 Å². The summed E-state index contributed by atoms with van der Waals surface area (Å²) in [6.07, 6.45) is 0. The average Bonchev–Trinajstić information content (AvgIpc) is 2.80. The Balaban J connectivity index is 1.38. The van der Waals surface area contributed by atoms with E-state index in [-0.39, 0.29) is 27.5 Å². The molecule has 8 nitrogen and oxygen atoms in total. The number of halogens is 2. The summed E-state index contributed by atoms with van der Waals surface area (Å²) in [7, 11) is 0. The second-order valence-electron chi connectivity index (χ2n) is 9.01. The van der Waals surface area contributed by atoms with Crippen LogP contribution in [0, 0.1) is 17.0 Å². The lowest BCUT2D eigenvalue weighted by atomic mass is 10.0. The zero-order valence-corrected chi connectivity index (χ0v) is 20.4. The Bertz CT molecular complexity index is 1030. The summed E-state index contributed by atoms with van der Waals surface area (Å²) in [5.74, 6) is 0. The number of rotatable bonds is 8. The van der Waals surface area contributed by atoms with Crippen molar-refractivity contribution in [2.24, 2.45) is 10.2 Å². The molecule has 0 saturated carbocycles. The van der Waals surface area contributed by atoms with Gasteiger partial charge in [-0.1, -0.05) is 35.3 Å². The summed E-state index contributed by atoms with van der Waals surface area (Å²) < 4.78 is 1.25. The molecule has 176 valence electrons. The maximum Gasteiger partial charge on any atom is 0.272 e. The van der Waals surface area contributed by atoms with E-state index in [9.17, 15) is 10.1 Å². The van der Waals surface area contributed by atoms with Gasteiger partial charge in [0.2, 0.25) is 0 Å². The fourth-order valence-electron chi connectivity index (χ4n) is 4.62. The smallest absolute Gasteiger partial charge is 0.272 e. The minimum absolute atomic E-state index is 0.0894. The van der Waals surface area contributed by atoms with Crippen LogP contribution < -0.4 is 5.32 Å². The standard InChI is InChI=1S/C23H29Cl2N6O2/c1-16-13-18(17(2)26-5-9-31-10-6-29(7-11-31)8-12-31)3-4-22(16)27-28-23-20(24)14-19(30(32)33)15-21(23)25/h3-4,13-15,17,26H,5-12H2,1-2H3/q+1. The zero-order chi connectivity index (χ0) is 23.6. The van der Waals surface area contributed by atoms with Gasteiger partial charge >= 0.3 is 0 Å². The van der Waals surface area contributed by atoms with E-state index in [1.165, 1.54) is 68.0 Å². The molecular formula is C23H29Cl2N6O2+. The van der Waals surface area contributed by atoms with Gasteiger partial charge in [-0.2, -0.15) is 5.11 Å². The predicted molar refractivity (Wildman–Crippen MR) is 131 cm³/mol. The van der Waals surface area contributed by atoms with Crippen molar-refractivity contribution < 1.29 is 9.41 Å². The molecule has 10 heteroatoms. The van der Waals surface area contributed by atoms with E-state index in [1.54, 1.807) is 0 Å². The fraction of sp³-hybridized carbons (Fsp3) is 0.478. The summed E-state index contributed by atoms with van der Waals surface area (Å²) in [5, 5.41) is 23.2. The topological polar surface area (TPSA) is 83.1 Å². The van der Waals surface area contributed by atoms with Crippen LogP contribution in [0.15, 0.2) is 40.6 Å². The fourth-order valence-corrected chi connectivity index (χ4v) is 5.17. The molecule has 0 aliphatic carbocycles. The van der Waals surface area contributed by atoms with Gasteiger partial charge in [-0.15, -0.1) is 5.11 Å². The van der Waals surface area contributed by atoms with Gasteiger partial charge in [0.1, 0.15) is 5.69 Å². The highest BCUT2D eigenvalue weighted by Gasteiger charge is 2.37. The molecule has 2 bridgehead atoms. The molecule has 2 aromatic rings. The lowest BCUT2D eigenvalue weighted by molar-refractivity contribution is -0.939. The monoisotopic (exact) mass is 491 g/mol. The first-order valence-electron chi connectivity index (χ1n) is 11.2. The van der Waals surface area contributed by atoms with Gasteiger partial charge < -0.3 is 9.80 Å². The molecule has 0 aromatic heterocycles. The molecule has 3 saturated heterocycles. The Morgan fingerprint density at radius 2 is 1.76 bits per heavy atom. The Morgan fingerprint density at radius 3 is 2.33 bits per heavy atom. The van der Waals surface area contributed by atoms with Crippen LogP contribution in [0.3, 0.4) is 0 Å². The molecular weight excluding hydrogens is 463 g/mol. The average molecular weight is 492 g/mol. The summed E-state index contributed by atoms with van der Waals surface area (Å²) in [6, 6.07) is 8.75. The van der Waals surface area contributed by atoms with Crippen LogP contribution in [-0.4, -0.2) is 66.7 Å². The summed E-state index contributed by atoms with van der Waals surface area (Å²) >= 11 is 12.2. The quantitative estimate of drug-likeness (QED) is 0.231. The molecule has 5 rings (SSSR count). The molecule has 2 aromatic carbocycles. The molecule has 3 aliphatic heterocycles. The van der Waals surface area contributed by atoms with Crippen LogP contribution >= 0.6 is 23.2 Å². The van der Waals surface area contributed by atoms with Gasteiger partial charge in [0, 0.05) is 44.4 Å². The van der Waals surface area contributed by atoms with Crippen molar-refractivity contribution >= 4 is 40.3 Å². The Kier molecular flexibility index (Phi) is 7.31. The first kappa shape index (κ1) is 24.0. The third kappa shape index (κ3) is 5.53. The molecule has 33 heavy (non-hydrogen) atoms. The summed E-state index contributed by atoms with van der Waals surface area (Å²) in [5.41, 5.74) is 2.90. The van der Waals surface area contributed by atoms with Gasteiger partial charge in [0.25, 0.3) is 5.69 Å². The van der Waals surface area contributed by atoms with E-state index in [2.05, 4.69) is 33.4 Å². The summed E-state index contributed by atoms with van der Waals surface area (Å²) in [6.45, 7) is 13.9. The van der Waals surface area contributed by atoms with Crippen LogP contribution in [0.5, 0.6) is 0 Å². The van der Waals surface area contributed by atoms with Gasteiger partial charge in [-0.05, 0) is 31.0 Å². The lowest BCUT2D eigenvalue weighted by Gasteiger charge is -2.50. The molecule has 1 N–H and O–H groups in total. The molecule has 0 radical (unpaired) electrons. The number of non-ortho nitro benzene ring substituents is 1. The van der Waals surface area contributed by atoms with Crippen molar-refractivity contribution in [2.45, 2.75) is 19.9 Å². The maximum absolute atomic E-state index is 10.9. The number of quaternary nitrogens is 1. The van der Waals surface area contributed by atoms with Crippen molar-refractivity contribution in [2.75, 3.05) is 52.4 Å². The van der Waals surface area contributed by atoms with E-state index in [4.69, 9.17) is 23.2 Å². The second-order valence-corrected chi connectivity index (χ2v) is 9.83. The van der Waals surface area contributed by atoms with Crippen molar-refractivity contribution in [3.8, 4) is 0 Å². The van der Waals surface area contributed by atoms with Gasteiger partial charge in [-0.3, -0.25) is 15.0 Å². The Hall–Kier alpha value is -2.10. The maximum atomic E-state index is 10.9. The van der Waals surface area contributed by atoms with Crippen molar-refractivity contribution in [3.05, 3.63) is 61.6 Å². The minimum Gasteiger partial charge on any atom is -0.319 e. The van der Waals surface area contributed by atoms with E-state index < -0.39 is 4.92 Å². The first-order chi connectivity index (χ1) is 15.8. The number of aryl methyl sites for hydroxylation is 1. The first-order valence-corrected chi connectivity index (χ1v) is 12.0. The van der Waals surface area contributed by atoms with Crippen LogP contribution in [0.4, 0.5) is 17.1 Å². The van der Waals surface area contributed by atoms with E-state index in [0.717, 1.165) is 12.1 Å². The zero-order valence-electron chi connectivity index (χ0n) is 18.9. The third-order valence-electron chi connectivity index (χ3n) is 6.90. The van der Waals surface area contributed by atoms with Crippen LogP contribution in [-0.2, 0) is 0 Å². The van der Waals surface area contributed by atoms with Crippen LogP contribution in [0.2, 0.25) is 10.0 Å². The number of piperazine rings is 3. The Labute approximate surface area is 203 Å². The summed E-state index contributed by atoms with van der Waals surface area (Å²) in [4.78, 5) is 13.0. The molecule has 3 heterocycles. The van der Waals surface area contributed by atoms with Gasteiger partial charge in [0.15, 0.2) is 0 Å². The van der Waals surface area contributed by atoms with Crippen LogP contribution in [0.25, 0.3) is 0 Å². The van der Waals surface area contributed by atoms with Gasteiger partial charge in [0.05, 0.1) is 46.8 Å². The SMILES string of the molecule is Cc1cc(C(C)NCC[N+]23CCN(CC2)CC3)ccc1N=Nc1c(Cl)cc([N+](=O)[O-])cc1Cl. The van der Waals surface area contributed by atoms with Crippen molar-refractivity contribution in [1.82, 2.24) is 10.2 Å². The van der Waals surface area contributed by atoms with Crippen LogP contribution in [0.1, 0.15) is 24.1 Å². The van der Waals surface area contributed by atoms with Crippen molar-refractivity contribution in [1.29, 1.82) is 0 Å². The second kappa shape index (κ2) is 10.0. The predicted octanol–water partition coefficient (Wildman–Crippen LogP) is 5.42. The number of hydrogen-bond donors (Lipinski definition) is 1. The molecule has 3 fully saturated rings. The largest absolute Gasteiger partial charge is 0.319 e. The number of fused-ring (bicyclic) bond motifs is 3. The number of nitro groups is 1. The molecule has 0 spiro atoms. The normalized spacial score (nSPS) is 23.2. The van der Waals surface area contributed by atoms with Gasteiger partial charge in [-0.25, -0.2) is 0 Å². The number of azo groups is 1. The molecule has 3 aliphatic rings. The van der Waals surface area contributed by atoms with E-state index in [1.807, 2.05) is 19.1 Å². The lowest BCUT2D eigenvalue weighted by Crippen LogP contribution is -2.68. The number of nitro benzene ring substituents is 1. The number of nitrogens with one attached hydrogen (secondary N) is 1. The Morgan fingerprint density at radius 1 is 1.12 bits per heavy atom. The van der Waals surface area contributed by atoms with E-state index >= 15 is 0 Å². The number of hydrogen-bond acceptors (Lipinski definition) is 6. The van der Waals surface area contributed by atoms with Crippen molar-refractivity contribution in [3.63, 3.8) is 0 Å². The number of nitrogens with zero attached hydrogens (tertiary/aromatic N) is 5. The highest BCUT2D eigenvalue weighted by atomic mass is 35.5. The molecule has 1 unspecified atom stereocenters.